The molecule has 2 heterocycles. The maximum absolute atomic E-state index is 12.2. The lowest BCUT2D eigenvalue weighted by Gasteiger charge is -2.14. The predicted octanol–water partition coefficient (Wildman–Crippen LogP) is -0.114. The van der Waals surface area contributed by atoms with Gasteiger partial charge in [-0.25, -0.2) is 4.98 Å². The summed E-state index contributed by atoms with van der Waals surface area (Å²) in [5.41, 5.74) is 0. The number of hydrogen-bond donors (Lipinski definition) is 2. The number of rotatable bonds is 7. The molecule has 2 aromatic heterocycles. The summed E-state index contributed by atoms with van der Waals surface area (Å²) in [4.78, 5) is 16.7. The number of tetrazole rings is 1. The fraction of sp³-hybridized carbons (Fsp3) is 0.692. The van der Waals surface area contributed by atoms with Crippen LogP contribution < -0.4 is 5.32 Å². The van der Waals surface area contributed by atoms with Gasteiger partial charge in [0.25, 0.3) is 0 Å². The third-order valence-corrected chi connectivity index (χ3v) is 3.81. The number of aromatic nitrogens is 7. The molecule has 2 aromatic rings. The van der Waals surface area contributed by atoms with Crippen LogP contribution >= 0.6 is 0 Å². The van der Waals surface area contributed by atoms with Crippen molar-refractivity contribution in [2.75, 3.05) is 0 Å². The second kappa shape index (κ2) is 6.20. The van der Waals surface area contributed by atoms with Gasteiger partial charge in [-0.2, -0.15) is 10.3 Å². The zero-order valence-electron chi connectivity index (χ0n) is 12.8. The topological polar surface area (TPSA) is 114 Å². The summed E-state index contributed by atoms with van der Waals surface area (Å²) >= 11 is 0. The van der Waals surface area contributed by atoms with E-state index in [0.29, 0.717) is 24.0 Å². The van der Waals surface area contributed by atoms with Crippen molar-refractivity contribution in [2.24, 2.45) is 7.05 Å². The minimum absolute atomic E-state index is 0.0127. The normalized spacial score (nSPS) is 15.7. The van der Waals surface area contributed by atoms with Crippen molar-refractivity contribution >= 4 is 5.91 Å². The van der Waals surface area contributed by atoms with Gasteiger partial charge < -0.3 is 5.32 Å². The summed E-state index contributed by atoms with van der Waals surface area (Å²) in [6.45, 7) is 2.01. The number of H-pyrrole nitrogens is 1. The van der Waals surface area contributed by atoms with Crippen LogP contribution in [0.5, 0.6) is 0 Å². The average molecular weight is 304 g/mol. The summed E-state index contributed by atoms with van der Waals surface area (Å²) in [6, 6.07) is -0.0127. The van der Waals surface area contributed by atoms with E-state index in [2.05, 4.69) is 36.0 Å². The molecule has 1 aliphatic carbocycles. The molecule has 2 N–H and O–H groups in total. The van der Waals surface area contributed by atoms with Crippen LogP contribution in [0.2, 0.25) is 0 Å². The van der Waals surface area contributed by atoms with Gasteiger partial charge in [-0.3, -0.25) is 9.48 Å². The number of carbonyl (C=O) groups is 1. The Kier molecular flexibility index (Phi) is 4.12. The summed E-state index contributed by atoms with van der Waals surface area (Å²) in [5, 5.41) is 21.1. The molecule has 0 aromatic carbocycles. The Labute approximate surface area is 127 Å². The van der Waals surface area contributed by atoms with Crippen LogP contribution in [-0.2, 0) is 24.7 Å². The van der Waals surface area contributed by atoms with Crippen LogP contribution in [0.1, 0.15) is 49.6 Å². The molecule has 0 radical (unpaired) electrons. The van der Waals surface area contributed by atoms with Gasteiger partial charge in [-0.15, -0.1) is 10.2 Å². The molecule has 0 bridgehead atoms. The van der Waals surface area contributed by atoms with Crippen molar-refractivity contribution < 1.29 is 4.79 Å². The number of aromatic amines is 1. The Morgan fingerprint density at radius 2 is 2.32 bits per heavy atom. The monoisotopic (exact) mass is 304 g/mol. The molecule has 0 aliphatic heterocycles. The maximum atomic E-state index is 12.2. The van der Waals surface area contributed by atoms with Crippen molar-refractivity contribution in [3.05, 3.63) is 17.5 Å². The van der Waals surface area contributed by atoms with Gasteiger partial charge in [0.2, 0.25) is 5.91 Å². The van der Waals surface area contributed by atoms with Gasteiger partial charge in [0.1, 0.15) is 5.82 Å². The van der Waals surface area contributed by atoms with Gasteiger partial charge in [0.05, 0.1) is 6.42 Å². The first-order chi connectivity index (χ1) is 10.7. The van der Waals surface area contributed by atoms with Gasteiger partial charge >= 0.3 is 0 Å². The molecule has 1 saturated carbocycles. The Hall–Kier alpha value is -2.32. The van der Waals surface area contributed by atoms with E-state index in [0.717, 1.165) is 25.1 Å². The average Bonchev–Trinajstić information content (AvgIpc) is 3.11. The van der Waals surface area contributed by atoms with E-state index in [1.165, 1.54) is 0 Å². The summed E-state index contributed by atoms with van der Waals surface area (Å²) in [6.07, 6.45) is 3.90. The first-order valence-corrected chi connectivity index (χ1v) is 7.57. The Morgan fingerprint density at radius 3 is 2.95 bits per heavy atom. The molecule has 1 amide bonds. The Balaban J connectivity index is 1.56. The number of nitrogens with one attached hydrogen (secondary N) is 2. The quantitative estimate of drug-likeness (QED) is 0.737. The number of hydrogen-bond acceptors (Lipinski definition) is 6. The van der Waals surface area contributed by atoms with Crippen LogP contribution in [0, 0.1) is 0 Å². The minimum Gasteiger partial charge on any atom is -0.353 e. The van der Waals surface area contributed by atoms with Crippen molar-refractivity contribution in [1.29, 1.82) is 0 Å². The number of nitrogens with zero attached hydrogens (tertiary/aromatic N) is 6. The van der Waals surface area contributed by atoms with Crippen LogP contribution in [0.25, 0.3) is 0 Å². The number of aryl methyl sites for hydroxylation is 1. The molecule has 9 heteroatoms. The molecule has 9 nitrogen and oxygen atoms in total. The molecular formula is C13H20N8O. The highest BCUT2D eigenvalue weighted by Gasteiger charge is 2.28. The van der Waals surface area contributed by atoms with Gasteiger partial charge in [0.15, 0.2) is 11.6 Å². The molecule has 1 atom stereocenters. The van der Waals surface area contributed by atoms with E-state index < -0.39 is 0 Å². The van der Waals surface area contributed by atoms with Crippen LogP contribution in [0.15, 0.2) is 0 Å². The molecule has 22 heavy (non-hydrogen) atoms. The number of amides is 1. The standard InChI is InChI=1S/C13H20N8O/c1-3-9(6-10-16-19-20-17-10)14-12(22)7-11-15-13(8-4-5-8)18-21(11)2/h8-9H,3-7H2,1-2H3,(H,14,22)(H,16,17,19,20). The third kappa shape index (κ3) is 3.46. The SMILES string of the molecule is CCC(Cc1nn[nH]n1)NC(=O)Cc1nc(C2CC2)nn1C. The first kappa shape index (κ1) is 14.6. The summed E-state index contributed by atoms with van der Waals surface area (Å²) < 4.78 is 1.70. The molecule has 118 valence electrons. The van der Waals surface area contributed by atoms with Crippen LogP contribution in [0.3, 0.4) is 0 Å². The van der Waals surface area contributed by atoms with E-state index >= 15 is 0 Å². The predicted molar refractivity (Wildman–Crippen MR) is 76.8 cm³/mol. The van der Waals surface area contributed by atoms with E-state index in [9.17, 15) is 4.79 Å². The molecular weight excluding hydrogens is 284 g/mol. The lowest BCUT2D eigenvalue weighted by atomic mass is 10.1. The summed E-state index contributed by atoms with van der Waals surface area (Å²) in [5.74, 6) is 2.60. The fourth-order valence-electron chi connectivity index (χ4n) is 2.32. The van der Waals surface area contributed by atoms with Crippen molar-refractivity contribution in [3.8, 4) is 0 Å². The largest absolute Gasteiger partial charge is 0.353 e. The minimum atomic E-state index is -0.0619. The Bertz CT molecular complexity index is 631. The van der Waals surface area contributed by atoms with Crippen molar-refractivity contribution in [2.45, 2.75) is 51.0 Å². The molecule has 1 aliphatic rings. The second-order valence-corrected chi connectivity index (χ2v) is 5.67. The van der Waals surface area contributed by atoms with E-state index in [1.54, 1.807) is 4.68 Å². The summed E-state index contributed by atoms with van der Waals surface area (Å²) in [7, 11) is 1.83. The molecule has 3 rings (SSSR count). The molecule has 0 saturated heterocycles. The van der Waals surface area contributed by atoms with Crippen LogP contribution in [-0.4, -0.2) is 47.3 Å². The first-order valence-electron chi connectivity index (χ1n) is 7.57. The van der Waals surface area contributed by atoms with Gasteiger partial charge in [-0.05, 0) is 19.3 Å². The van der Waals surface area contributed by atoms with Gasteiger partial charge in [0, 0.05) is 25.4 Å². The maximum Gasteiger partial charge on any atom is 0.227 e. The highest BCUT2D eigenvalue weighted by atomic mass is 16.1. The zero-order valence-corrected chi connectivity index (χ0v) is 12.8. The van der Waals surface area contributed by atoms with Crippen molar-refractivity contribution in [1.82, 2.24) is 40.7 Å². The molecule has 1 fully saturated rings. The van der Waals surface area contributed by atoms with E-state index in [4.69, 9.17) is 0 Å². The van der Waals surface area contributed by atoms with E-state index in [-0.39, 0.29) is 18.4 Å². The lowest BCUT2D eigenvalue weighted by molar-refractivity contribution is -0.121. The highest BCUT2D eigenvalue weighted by molar-refractivity contribution is 5.78. The van der Waals surface area contributed by atoms with Gasteiger partial charge in [-0.1, -0.05) is 12.1 Å². The van der Waals surface area contributed by atoms with Crippen LogP contribution in [0.4, 0.5) is 0 Å². The highest BCUT2D eigenvalue weighted by Crippen LogP contribution is 2.37. The number of carbonyl (C=O) groups excluding carboxylic acids is 1. The fourth-order valence-corrected chi connectivity index (χ4v) is 2.32. The molecule has 0 spiro atoms. The smallest absolute Gasteiger partial charge is 0.227 e. The lowest BCUT2D eigenvalue weighted by Crippen LogP contribution is -2.37. The Morgan fingerprint density at radius 1 is 1.50 bits per heavy atom. The third-order valence-electron chi connectivity index (χ3n) is 3.81. The van der Waals surface area contributed by atoms with E-state index in [1.807, 2.05) is 14.0 Å². The van der Waals surface area contributed by atoms with Crippen molar-refractivity contribution in [3.63, 3.8) is 0 Å². The second-order valence-electron chi connectivity index (χ2n) is 5.67. The molecule has 1 unspecified atom stereocenters. The zero-order chi connectivity index (χ0) is 15.5.